The molecule has 2 amide bonds. The van der Waals surface area contributed by atoms with Crippen LogP contribution in [0.5, 0.6) is 0 Å². The van der Waals surface area contributed by atoms with Crippen molar-refractivity contribution in [3.05, 3.63) is 92.4 Å². The third kappa shape index (κ3) is 5.45. The molecule has 2 N–H and O–H groups in total. The SMILES string of the molecule is O=C(NCC(O)CN1CCc2ccccc2C1)c1cc2c(s1)CCN(C(=O)c1ccc(F)cc1)C2. The van der Waals surface area contributed by atoms with Crippen LogP contribution in [0.15, 0.2) is 54.6 Å². The first-order valence-corrected chi connectivity index (χ1v) is 12.7. The third-order valence-electron chi connectivity index (χ3n) is 6.65. The molecule has 8 heteroatoms. The smallest absolute Gasteiger partial charge is 0.261 e. The normalized spacial score (nSPS) is 16.3. The number of hydrogen-bond donors (Lipinski definition) is 2. The maximum absolute atomic E-state index is 13.2. The molecular weight excluding hydrogens is 465 g/mol. The topological polar surface area (TPSA) is 72.9 Å². The molecule has 3 aromatic rings. The molecule has 0 fully saturated rings. The lowest BCUT2D eigenvalue weighted by Gasteiger charge is -2.30. The van der Waals surface area contributed by atoms with Gasteiger partial charge in [-0.15, -0.1) is 11.3 Å². The first-order chi connectivity index (χ1) is 17.0. The van der Waals surface area contributed by atoms with Gasteiger partial charge < -0.3 is 15.3 Å². The van der Waals surface area contributed by atoms with E-state index in [4.69, 9.17) is 0 Å². The molecule has 35 heavy (non-hydrogen) atoms. The van der Waals surface area contributed by atoms with Gasteiger partial charge in [0.1, 0.15) is 5.82 Å². The van der Waals surface area contributed by atoms with E-state index in [-0.39, 0.29) is 24.2 Å². The molecule has 0 bridgehead atoms. The van der Waals surface area contributed by atoms with Crippen LogP contribution in [-0.2, 0) is 25.9 Å². The number of halogens is 1. The number of amides is 2. The first kappa shape index (κ1) is 23.7. The summed E-state index contributed by atoms with van der Waals surface area (Å²) in [5, 5.41) is 13.4. The summed E-state index contributed by atoms with van der Waals surface area (Å²) in [7, 11) is 0. The van der Waals surface area contributed by atoms with Gasteiger partial charge in [-0.25, -0.2) is 4.39 Å². The van der Waals surface area contributed by atoms with E-state index in [1.54, 1.807) is 4.90 Å². The van der Waals surface area contributed by atoms with Gasteiger partial charge in [0.15, 0.2) is 0 Å². The molecule has 1 aromatic heterocycles. The van der Waals surface area contributed by atoms with Crippen LogP contribution in [0.3, 0.4) is 0 Å². The fourth-order valence-corrected chi connectivity index (χ4v) is 5.84. The van der Waals surface area contributed by atoms with Crippen molar-refractivity contribution in [1.29, 1.82) is 0 Å². The van der Waals surface area contributed by atoms with Gasteiger partial charge in [-0.2, -0.15) is 0 Å². The van der Waals surface area contributed by atoms with Crippen LogP contribution in [0.4, 0.5) is 4.39 Å². The number of carbonyl (C=O) groups is 2. The number of benzene rings is 2. The Morgan fingerprint density at radius 3 is 2.57 bits per heavy atom. The van der Waals surface area contributed by atoms with E-state index in [2.05, 4.69) is 28.4 Å². The molecule has 0 spiro atoms. The monoisotopic (exact) mass is 493 g/mol. The first-order valence-electron chi connectivity index (χ1n) is 11.9. The summed E-state index contributed by atoms with van der Waals surface area (Å²) in [4.78, 5) is 31.2. The van der Waals surface area contributed by atoms with Crippen molar-refractivity contribution in [1.82, 2.24) is 15.1 Å². The zero-order valence-electron chi connectivity index (χ0n) is 19.4. The molecule has 0 saturated heterocycles. The average molecular weight is 494 g/mol. The lowest BCUT2D eigenvalue weighted by atomic mass is 10.00. The molecule has 2 aliphatic heterocycles. The molecule has 2 aliphatic rings. The maximum Gasteiger partial charge on any atom is 0.261 e. The van der Waals surface area contributed by atoms with Crippen molar-refractivity contribution in [3.8, 4) is 0 Å². The van der Waals surface area contributed by atoms with E-state index in [1.165, 1.54) is 46.7 Å². The number of fused-ring (bicyclic) bond motifs is 2. The number of nitrogens with zero attached hydrogens (tertiary/aromatic N) is 2. The van der Waals surface area contributed by atoms with Gasteiger partial charge >= 0.3 is 0 Å². The largest absolute Gasteiger partial charge is 0.390 e. The van der Waals surface area contributed by atoms with E-state index in [1.807, 2.05) is 12.1 Å². The molecule has 1 atom stereocenters. The number of carbonyl (C=O) groups excluding carboxylic acids is 2. The summed E-state index contributed by atoms with van der Waals surface area (Å²) in [5.41, 5.74) is 4.08. The number of hydrogen-bond acceptors (Lipinski definition) is 5. The minimum absolute atomic E-state index is 0.142. The average Bonchev–Trinajstić information content (AvgIpc) is 3.31. The molecule has 6 nitrogen and oxygen atoms in total. The van der Waals surface area contributed by atoms with Crippen LogP contribution < -0.4 is 5.32 Å². The van der Waals surface area contributed by atoms with E-state index in [9.17, 15) is 19.1 Å². The van der Waals surface area contributed by atoms with Crippen LogP contribution in [0.25, 0.3) is 0 Å². The van der Waals surface area contributed by atoms with Crippen molar-refractivity contribution in [2.75, 3.05) is 26.2 Å². The van der Waals surface area contributed by atoms with Crippen LogP contribution in [0.1, 0.15) is 41.6 Å². The predicted molar refractivity (Wildman–Crippen MR) is 133 cm³/mol. The molecule has 5 rings (SSSR count). The highest BCUT2D eigenvalue weighted by Crippen LogP contribution is 2.29. The Hall–Kier alpha value is -3.07. The molecule has 3 heterocycles. The van der Waals surface area contributed by atoms with Crippen LogP contribution >= 0.6 is 11.3 Å². The minimum atomic E-state index is -0.650. The van der Waals surface area contributed by atoms with Crippen LogP contribution in [0.2, 0.25) is 0 Å². The number of nitrogens with one attached hydrogen (secondary N) is 1. The van der Waals surface area contributed by atoms with Crippen LogP contribution in [0, 0.1) is 5.82 Å². The van der Waals surface area contributed by atoms with Crippen molar-refractivity contribution >= 4 is 23.2 Å². The Labute approximate surface area is 208 Å². The highest BCUT2D eigenvalue weighted by Gasteiger charge is 2.25. The number of aliphatic hydroxyl groups is 1. The Kier molecular flexibility index (Phi) is 6.95. The van der Waals surface area contributed by atoms with Crippen molar-refractivity contribution < 1.29 is 19.1 Å². The molecule has 2 aromatic carbocycles. The number of thiophene rings is 1. The summed E-state index contributed by atoms with van der Waals surface area (Å²) in [6.45, 7) is 3.39. The second-order valence-electron chi connectivity index (χ2n) is 9.16. The van der Waals surface area contributed by atoms with Gasteiger partial charge in [0.2, 0.25) is 0 Å². The van der Waals surface area contributed by atoms with Gasteiger partial charge in [-0.3, -0.25) is 14.5 Å². The highest BCUT2D eigenvalue weighted by molar-refractivity contribution is 7.14. The van der Waals surface area contributed by atoms with Crippen molar-refractivity contribution in [2.45, 2.75) is 32.0 Å². The van der Waals surface area contributed by atoms with Gasteiger partial charge in [0, 0.05) is 49.7 Å². The lowest BCUT2D eigenvalue weighted by molar-refractivity contribution is 0.0735. The fraction of sp³-hybridized carbons (Fsp3) is 0.333. The summed E-state index contributed by atoms with van der Waals surface area (Å²) in [5.74, 6) is -0.720. The van der Waals surface area contributed by atoms with Gasteiger partial charge in [0.25, 0.3) is 11.8 Å². The van der Waals surface area contributed by atoms with Gasteiger partial charge in [0.05, 0.1) is 11.0 Å². The molecule has 0 radical (unpaired) electrons. The highest BCUT2D eigenvalue weighted by atomic mass is 32.1. The molecule has 0 saturated carbocycles. The quantitative estimate of drug-likeness (QED) is 0.553. The Bertz CT molecular complexity index is 1230. The molecule has 182 valence electrons. The predicted octanol–water partition coefficient (Wildman–Crippen LogP) is 3.23. The Balaban J connectivity index is 1.13. The minimum Gasteiger partial charge on any atom is -0.390 e. The van der Waals surface area contributed by atoms with E-state index >= 15 is 0 Å². The number of rotatable bonds is 6. The van der Waals surface area contributed by atoms with Gasteiger partial charge in [-0.1, -0.05) is 24.3 Å². The summed E-state index contributed by atoms with van der Waals surface area (Å²) >= 11 is 1.44. The van der Waals surface area contributed by atoms with Crippen LogP contribution in [-0.4, -0.2) is 59.0 Å². The van der Waals surface area contributed by atoms with E-state index in [0.29, 0.717) is 36.5 Å². The standard InChI is InChI=1S/C27H28FN3O3S/c28-22-7-5-19(6-8-22)27(34)31-12-10-24-21(16-31)13-25(35-24)26(33)29-14-23(32)17-30-11-9-18-3-1-2-4-20(18)15-30/h1-8,13,23,32H,9-12,14-17H2,(H,29,33). The zero-order chi connectivity index (χ0) is 24.4. The second-order valence-corrected chi connectivity index (χ2v) is 10.3. The van der Waals surface area contributed by atoms with Gasteiger partial charge in [-0.05, 0) is 59.9 Å². The number of aliphatic hydroxyl groups excluding tert-OH is 1. The van der Waals surface area contributed by atoms with E-state index < -0.39 is 6.10 Å². The zero-order valence-corrected chi connectivity index (χ0v) is 20.2. The molecule has 1 unspecified atom stereocenters. The Morgan fingerprint density at radius 2 is 1.77 bits per heavy atom. The maximum atomic E-state index is 13.2. The fourth-order valence-electron chi connectivity index (χ4n) is 4.76. The van der Waals surface area contributed by atoms with Crippen molar-refractivity contribution in [2.24, 2.45) is 0 Å². The van der Waals surface area contributed by atoms with E-state index in [0.717, 1.165) is 30.0 Å². The summed E-state index contributed by atoms with van der Waals surface area (Å²) < 4.78 is 13.2. The lowest BCUT2D eigenvalue weighted by Crippen LogP contribution is -2.41. The summed E-state index contributed by atoms with van der Waals surface area (Å²) in [6, 6.07) is 15.8. The number of β-amino-alcohol motifs (C(OH)–C–C–N with tert-alkyl or cyclic N) is 1. The molecular formula is C27H28FN3O3S. The third-order valence-corrected chi connectivity index (χ3v) is 7.88. The summed E-state index contributed by atoms with van der Waals surface area (Å²) in [6.07, 6.45) is 0.998. The van der Waals surface area contributed by atoms with Crippen molar-refractivity contribution in [3.63, 3.8) is 0 Å². The Morgan fingerprint density at radius 1 is 1.00 bits per heavy atom. The second kappa shape index (κ2) is 10.3. The molecule has 0 aliphatic carbocycles.